The van der Waals surface area contributed by atoms with E-state index in [1.54, 1.807) is 0 Å². The first-order chi connectivity index (χ1) is 12.6. The first-order valence-electron chi connectivity index (χ1n) is 8.63. The van der Waals surface area contributed by atoms with Crippen molar-refractivity contribution in [3.8, 4) is 0 Å². The SMILES string of the molecule is O=S1(=O)N=C(C2CC2)Nc2c(N3CCNCC3CC(F)(F)F)cc(F)cc21. The summed E-state index contributed by atoms with van der Waals surface area (Å²) in [7, 11) is -4.11. The molecule has 2 heterocycles. The highest BCUT2D eigenvalue weighted by Crippen LogP contribution is 2.42. The summed E-state index contributed by atoms with van der Waals surface area (Å²) in [5.41, 5.74) is 0.236. The van der Waals surface area contributed by atoms with Crippen LogP contribution in [0, 0.1) is 11.7 Å². The molecule has 6 nitrogen and oxygen atoms in total. The van der Waals surface area contributed by atoms with E-state index in [0.29, 0.717) is 6.54 Å². The number of nitrogens with one attached hydrogen (secondary N) is 2. The third-order valence-corrected chi connectivity index (χ3v) is 6.20. The highest BCUT2D eigenvalue weighted by molar-refractivity contribution is 7.90. The van der Waals surface area contributed by atoms with Gasteiger partial charge in [-0.2, -0.15) is 21.6 Å². The van der Waals surface area contributed by atoms with Crippen molar-refractivity contribution in [2.45, 2.75) is 36.4 Å². The van der Waals surface area contributed by atoms with Crippen molar-refractivity contribution in [2.75, 3.05) is 29.9 Å². The molecule has 0 aromatic heterocycles. The fourth-order valence-electron chi connectivity index (χ4n) is 3.51. The monoisotopic (exact) mass is 406 g/mol. The Morgan fingerprint density at radius 1 is 1.26 bits per heavy atom. The second kappa shape index (κ2) is 6.33. The normalized spacial score (nSPS) is 24.8. The van der Waals surface area contributed by atoms with Crippen molar-refractivity contribution >= 4 is 27.2 Å². The summed E-state index contributed by atoms with van der Waals surface area (Å²) in [6, 6.07) is 0.985. The van der Waals surface area contributed by atoms with Crippen LogP contribution in [0.5, 0.6) is 0 Å². The summed E-state index contributed by atoms with van der Waals surface area (Å²) >= 11 is 0. The van der Waals surface area contributed by atoms with Gasteiger partial charge >= 0.3 is 6.18 Å². The molecule has 0 spiro atoms. The number of halogens is 4. The van der Waals surface area contributed by atoms with E-state index in [0.717, 1.165) is 25.0 Å². The van der Waals surface area contributed by atoms with Gasteiger partial charge in [-0.25, -0.2) is 4.39 Å². The molecule has 11 heteroatoms. The van der Waals surface area contributed by atoms with Crippen LogP contribution in [0.25, 0.3) is 0 Å². The molecule has 1 unspecified atom stereocenters. The number of rotatable bonds is 3. The second-order valence-corrected chi connectivity index (χ2v) is 8.59. The number of amidine groups is 1. The molecule has 0 radical (unpaired) electrons. The molecule has 148 valence electrons. The van der Waals surface area contributed by atoms with Gasteiger partial charge in [-0.15, -0.1) is 4.40 Å². The van der Waals surface area contributed by atoms with Crippen molar-refractivity contribution in [2.24, 2.45) is 10.3 Å². The van der Waals surface area contributed by atoms with E-state index >= 15 is 0 Å². The van der Waals surface area contributed by atoms with Gasteiger partial charge in [0.2, 0.25) is 0 Å². The zero-order valence-corrected chi connectivity index (χ0v) is 15.0. The average molecular weight is 406 g/mol. The standard InChI is InChI=1S/C16H18F4N4O2S/c17-10-5-12(24-4-3-21-8-11(24)7-16(18,19)20)14-13(6-10)27(25,26)23-15(22-14)9-1-2-9/h5-6,9,11,21H,1-4,7-8H2,(H,22,23). The highest BCUT2D eigenvalue weighted by atomic mass is 32.2. The first kappa shape index (κ1) is 18.5. The van der Waals surface area contributed by atoms with E-state index in [9.17, 15) is 26.0 Å². The maximum Gasteiger partial charge on any atom is 0.391 e. The summed E-state index contributed by atoms with van der Waals surface area (Å²) in [6.45, 7) is 0.686. The van der Waals surface area contributed by atoms with Gasteiger partial charge in [-0.3, -0.25) is 0 Å². The number of fused-ring (bicyclic) bond motifs is 1. The van der Waals surface area contributed by atoms with Gasteiger partial charge in [-0.1, -0.05) is 0 Å². The molecule has 4 rings (SSSR count). The smallest absolute Gasteiger partial charge is 0.364 e. The Kier molecular flexibility index (Phi) is 4.34. The zero-order valence-electron chi connectivity index (χ0n) is 14.2. The third kappa shape index (κ3) is 3.75. The van der Waals surface area contributed by atoms with Crippen LogP contribution in [-0.4, -0.2) is 46.1 Å². The number of nitrogens with zero attached hydrogens (tertiary/aromatic N) is 2. The molecular weight excluding hydrogens is 388 g/mol. The Morgan fingerprint density at radius 3 is 2.67 bits per heavy atom. The van der Waals surface area contributed by atoms with Gasteiger partial charge < -0.3 is 15.5 Å². The summed E-state index contributed by atoms with van der Waals surface area (Å²) in [4.78, 5) is 1.09. The number of anilines is 2. The van der Waals surface area contributed by atoms with Crippen LogP contribution in [-0.2, 0) is 10.0 Å². The molecule has 2 N–H and O–H groups in total. The van der Waals surface area contributed by atoms with Crippen molar-refractivity contribution in [3.05, 3.63) is 17.9 Å². The molecule has 1 saturated carbocycles. The third-order valence-electron chi connectivity index (χ3n) is 4.89. The van der Waals surface area contributed by atoms with Crippen LogP contribution in [0.15, 0.2) is 21.4 Å². The largest absolute Gasteiger partial charge is 0.391 e. The van der Waals surface area contributed by atoms with E-state index in [1.165, 1.54) is 4.90 Å². The lowest BCUT2D eigenvalue weighted by Gasteiger charge is -2.40. The summed E-state index contributed by atoms with van der Waals surface area (Å²) in [6.07, 6.45) is -3.90. The molecule has 27 heavy (non-hydrogen) atoms. The number of alkyl halides is 3. The second-order valence-electron chi connectivity index (χ2n) is 7.02. The van der Waals surface area contributed by atoms with Crippen molar-refractivity contribution in [1.82, 2.24) is 5.32 Å². The Labute approximate surface area is 153 Å². The molecule has 1 saturated heterocycles. The summed E-state index contributed by atoms with van der Waals surface area (Å²) < 4.78 is 81.9. The van der Waals surface area contributed by atoms with Gasteiger partial charge in [0.05, 0.1) is 23.8 Å². The fourth-order valence-corrected chi connectivity index (χ4v) is 4.74. The molecule has 2 aliphatic heterocycles. The molecule has 0 bridgehead atoms. The molecule has 1 aliphatic carbocycles. The quantitative estimate of drug-likeness (QED) is 0.755. The number of piperazine rings is 1. The fraction of sp³-hybridized carbons (Fsp3) is 0.562. The Balaban J connectivity index is 1.79. The van der Waals surface area contributed by atoms with Crippen molar-refractivity contribution < 1.29 is 26.0 Å². The molecular formula is C16H18F4N4O2S. The van der Waals surface area contributed by atoms with Gasteiger partial charge in [0.1, 0.15) is 16.5 Å². The highest BCUT2D eigenvalue weighted by Gasteiger charge is 2.40. The van der Waals surface area contributed by atoms with Crippen LogP contribution >= 0.6 is 0 Å². The minimum absolute atomic E-state index is 0.0141. The van der Waals surface area contributed by atoms with Gasteiger partial charge in [-0.05, 0) is 25.0 Å². The molecule has 2 fully saturated rings. The molecule has 0 amide bonds. The number of benzene rings is 1. The lowest BCUT2D eigenvalue weighted by Crippen LogP contribution is -2.53. The molecule has 3 aliphatic rings. The van der Waals surface area contributed by atoms with E-state index in [-0.39, 0.29) is 41.1 Å². The molecule has 1 atom stereocenters. The minimum Gasteiger partial charge on any atom is -0.364 e. The van der Waals surface area contributed by atoms with Crippen LogP contribution in [0.4, 0.5) is 28.9 Å². The van der Waals surface area contributed by atoms with Gasteiger partial charge in [0, 0.05) is 25.6 Å². The summed E-state index contributed by atoms with van der Waals surface area (Å²) in [5.74, 6) is -0.568. The maximum atomic E-state index is 14.2. The van der Waals surface area contributed by atoms with E-state index in [4.69, 9.17) is 0 Å². The van der Waals surface area contributed by atoms with Crippen molar-refractivity contribution in [3.63, 3.8) is 0 Å². The topological polar surface area (TPSA) is 73.8 Å². The van der Waals surface area contributed by atoms with E-state index in [2.05, 4.69) is 15.0 Å². The number of hydrogen-bond acceptors (Lipinski definition) is 5. The van der Waals surface area contributed by atoms with Crippen LogP contribution in [0.1, 0.15) is 19.3 Å². The zero-order chi connectivity index (χ0) is 19.4. The maximum absolute atomic E-state index is 14.2. The average Bonchev–Trinajstić information content (AvgIpc) is 3.38. The van der Waals surface area contributed by atoms with Crippen LogP contribution in [0.2, 0.25) is 0 Å². The first-order valence-corrected chi connectivity index (χ1v) is 10.1. The molecule has 1 aromatic carbocycles. The summed E-state index contributed by atoms with van der Waals surface area (Å²) in [5, 5.41) is 5.86. The lowest BCUT2D eigenvalue weighted by atomic mass is 10.1. The Hall–Kier alpha value is -1.88. The Bertz CT molecular complexity index is 896. The van der Waals surface area contributed by atoms with Crippen molar-refractivity contribution in [1.29, 1.82) is 0 Å². The molecule has 1 aromatic rings. The number of sulfonamides is 1. The Morgan fingerprint density at radius 2 is 2.00 bits per heavy atom. The van der Waals surface area contributed by atoms with Gasteiger partial charge in [0.15, 0.2) is 0 Å². The van der Waals surface area contributed by atoms with E-state index in [1.807, 2.05) is 0 Å². The predicted octanol–water partition coefficient (Wildman–Crippen LogP) is 2.48. The predicted molar refractivity (Wildman–Crippen MR) is 92.0 cm³/mol. The lowest BCUT2D eigenvalue weighted by molar-refractivity contribution is -0.138. The number of hydrogen-bond donors (Lipinski definition) is 2. The van der Waals surface area contributed by atoms with Crippen LogP contribution in [0.3, 0.4) is 0 Å². The van der Waals surface area contributed by atoms with E-state index < -0.39 is 34.5 Å². The van der Waals surface area contributed by atoms with Gasteiger partial charge in [0.25, 0.3) is 10.0 Å². The van der Waals surface area contributed by atoms with Crippen LogP contribution < -0.4 is 15.5 Å². The minimum atomic E-state index is -4.39.